The van der Waals surface area contributed by atoms with E-state index in [1.165, 1.54) is 7.11 Å². The summed E-state index contributed by atoms with van der Waals surface area (Å²) in [4.78, 5) is 99.9. The summed E-state index contributed by atoms with van der Waals surface area (Å²) >= 11 is 0. The number of β-lactam (4-membered cyclic amide) rings is 2. The molecule has 562 valence electrons. The number of nitrogens with zero attached hydrogens (tertiary/aromatic N) is 3. The van der Waals surface area contributed by atoms with Crippen LogP contribution in [-0.4, -0.2) is 111 Å². The van der Waals surface area contributed by atoms with E-state index in [1.54, 1.807) is 47.6 Å². The minimum atomic E-state index is -1.12. The average molecular weight is 1490 g/mol. The predicted octanol–water partition coefficient (Wildman–Crippen LogP) is 11.3. The van der Waals surface area contributed by atoms with Crippen LogP contribution >= 0.6 is 0 Å². The Morgan fingerprint density at radius 3 is 1.31 bits per heavy atom. The van der Waals surface area contributed by atoms with E-state index in [0.717, 1.165) is 88.6 Å². The molecule has 12 aromatic rings. The van der Waals surface area contributed by atoms with Crippen molar-refractivity contribution >= 4 is 74.2 Å². The molecule has 0 saturated carbocycles. The maximum absolute atomic E-state index is 13.0. The SMILES string of the molecule is CCOC(=O)[C@@]1(Cc2ccc(OCc3cc(-c4ccccc4)nc4ccccc34)cc2)CNC[C@@H]1C(=O)NO.COC(=O)C(Oc1ccc(C[C@H]2C(=O)N[C@@H]2C(=O)NO)cc1)c1cc(-c2ccccc2)nc2ccccc12.O=C(NO)[C@H]1NC(=O)[C@@H]1Cc1ccc(OCc2cc(-c3ccccc3)nc3ccccc23)cc1. The van der Waals surface area contributed by atoms with E-state index in [0.29, 0.717) is 54.6 Å². The van der Waals surface area contributed by atoms with Crippen molar-refractivity contribution < 1.29 is 72.9 Å². The molecule has 3 saturated heterocycles. The van der Waals surface area contributed by atoms with E-state index in [2.05, 4.69) is 28.1 Å². The molecule has 3 fully saturated rings. The van der Waals surface area contributed by atoms with Crippen molar-refractivity contribution in [1.82, 2.24) is 47.3 Å². The zero-order valence-corrected chi connectivity index (χ0v) is 60.5. The van der Waals surface area contributed by atoms with E-state index in [-0.39, 0.29) is 37.9 Å². The number of hydrogen-bond acceptors (Lipinski definition) is 19. The van der Waals surface area contributed by atoms with Gasteiger partial charge in [-0.1, -0.05) is 182 Å². The standard InChI is InChI=1S/C31H31N3O5.C29H25N3O6.C27H23N3O4/c1-2-38-30(36)31(20-32-18-26(31)29(35)34-37)17-21-12-14-24(15-13-21)39-19-23-16-28(22-8-4-3-5-9-22)33-27-11-7-6-10-25(23)27;1-37-29(35)26(21-16-24(18-7-3-2-4-8-18)30-23-10-6-5-9-20(21)23)38-19-13-11-17(12-14-19)15-22-25(28(34)32-36)31-27(22)33;31-26-22(25(29-26)27(32)30-33)14-17-10-12-20(13-11-17)34-16-19-15-24(18-6-2-1-3-7-18)28-23-9-5-4-8-21(19)23/h3-16,26,32,37H,2,17-20H2,1H3,(H,34,35);2-14,16,22,25-26,36H,15H2,1H3,(H,31,33)(H,32,34);1-13,15,22,25,33H,14,16H2,(H,29,31)(H,30,32)/t26-,31+;22-,25+,26?;22-,25+/m111/s1. The van der Waals surface area contributed by atoms with Gasteiger partial charge in [0.1, 0.15) is 42.5 Å². The van der Waals surface area contributed by atoms with Gasteiger partial charge in [0.15, 0.2) is 0 Å². The van der Waals surface area contributed by atoms with E-state index < -0.39 is 71.0 Å². The van der Waals surface area contributed by atoms with Gasteiger partial charge >= 0.3 is 11.9 Å². The van der Waals surface area contributed by atoms with E-state index in [4.69, 9.17) is 49.1 Å². The lowest BCUT2D eigenvalue weighted by atomic mass is 9.73. The van der Waals surface area contributed by atoms with Gasteiger partial charge in [0.25, 0.3) is 11.8 Å². The summed E-state index contributed by atoms with van der Waals surface area (Å²) in [6.07, 6.45) is -0.0667. The van der Waals surface area contributed by atoms with Crippen LogP contribution in [0.4, 0.5) is 0 Å². The zero-order valence-electron chi connectivity index (χ0n) is 60.5. The molecular weight excluding hydrogens is 1410 g/mol. The maximum atomic E-state index is 13.0. The van der Waals surface area contributed by atoms with Gasteiger partial charge in [0.2, 0.25) is 23.8 Å². The van der Waals surface area contributed by atoms with Crippen LogP contribution < -0.4 is 46.6 Å². The number of hydroxylamine groups is 3. The highest BCUT2D eigenvalue weighted by atomic mass is 16.6. The summed E-state index contributed by atoms with van der Waals surface area (Å²) in [7, 11) is 1.31. The lowest BCUT2D eigenvalue weighted by Gasteiger charge is -2.34. The number of fused-ring (bicyclic) bond motifs is 3. The van der Waals surface area contributed by atoms with E-state index >= 15 is 0 Å². The number of aromatic nitrogens is 3. The molecule has 7 atom stereocenters. The number of methoxy groups -OCH3 is 1. The predicted molar refractivity (Wildman–Crippen MR) is 412 cm³/mol. The van der Waals surface area contributed by atoms with Crippen LogP contribution in [0.1, 0.15) is 46.4 Å². The second kappa shape index (κ2) is 35.2. The summed E-state index contributed by atoms with van der Waals surface area (Å²) in [6.45, 7) is 3.23. The first-order valence-electron chi connectivity index (χ1n) is 36.0. The molecule has 24 heteroatoms. The molecule has 9 aromatic carbocycles. The molecule has 3 aliphatic heterocycles. The first-order chi connectivity index (χ1) is 54.1. The highest BCUT2D eigenvalue weighted by Gasteiger charge is 2.54. The van der Waals surface area contributed by atoms with E-state index in [9.17, 15) is 38.8 Å². The van der Waals surface area contributed by atoms with Crippen LogP contribution in [0.2, 0.25) is 0 Å². The number of benzene rings is 9. The number of carbonyl (C=O) groups is 7. The monoisotopic (exact) mass is 1490 g/mol. The van der Waals surface area contributed by atoms with Gasteiger partial charge < -0.3 is 39.6 Å². The molecule has 24 nitrogen and oxygen atoms in total. The molecule has 0 radical (unpaired) electrons. The van der Waals surface area contributed by atoms with Crippen LogP contribution in [0, 0.1) is 23.2 Å². The van der Waals surface area contributed by atoms with Crippen LogP contribution in [0.25, 0.3) is 66.5 Å². The van der Waals surface area contributed by atoms with Crippen molar-refractivity contribution in [1.29, 1.82) is 0 Å². The minimum absolute atomic E-state index is 0.201. The molecule has 15 rings (SSSR count). The molecule has 0 spiro atoms. The van der Waals surface area contributed by atoms with Gasteiger partial charge in [-0.3, -0.25) is 44.4 Å². The van der Waals surface area contributed by atoms with Crippen molar-refractivity contribution in [3.63, 3.8) is 0 Å². The minimum Gasteiger partial charge on any atom is -0.489 e. The highest BCUT2D eigenvalue weighted by molar-refractivity contribution is 6.00. The second-order valence-corrected chi connectivity index (χ2v) is 26.9. The first kappa shape index (κ1) is 76.0. The molecule has 0 bridgehead atoms. The van der Waals surface area contributed by atoms with E-state index in [1.807, 2.05) is 218 Å². The van der Waals surface area contributed by atoms with Gasteiger partial charge in [-0.05, 0) is 116 Å². The Kier molecular flexibility index (Phi) is 24.1. The van der Waals surface area contributed by atoms with Crippen LogP contribution in [0.5, 0.6) is 17.2 Å². The van der Waals surface area contributed by atoms with Crippen LogP contribution in [0.15, 0.2) is 255 Å². The van der Waals surface area contributed by atoms with Crippen molar-refractivity contribution in [2.75, 3.05) is 26.8 Å². The molecule has 9 N–H and O–H groups in total. The number of rotatable bonds is 24. The number of hydrogen-bond donors (Lipinski definition) is 9. The number of para-hydroxylation sites is 3. The van der Waals surface area contributed by atoms with Gasteiger partial charge in [-0.25, -0.2) is 36.2 Å². The zero-order chi connectivity index (χ0) is 77.4. The molecular formula is C87H79N9O15. The van der Waals surface area contributed by atoms with Gasteiger partial charge in [0.05, 0.1) is 70.5 Å². The van der Waals surface area contributed by atoms with Crippen LogP contribution in [0.3, 0.4) is 0 Å². The Morgan fingerprint density at radius 1 is 0.486 bits per heavy atom. The molecule has 6 heterocycles. The van der Waals surface area contributed by atoms with Gasteiger partial charge in [0, 0.05) is 62.6 Å². The Bertz CT molecular complexity index is 5340. The molecule has 5 amide bonds. The lowest BCUT2D eigenvalue weighted by Crippen LogP contribution is -2.64. The molecule has 111 heavy (non-hydrogen) atoms. The first-order valence-corrected chi connectivity index (χ1v) is 36.0. The molecule has 3 aliphatic rings. The molecule has 3 aromatic heterocycles. The number of nitrogens with one attached hydrogen (secondary N) is 6. The Labute approximate surface area is 638 Å². The lowest BCUT2D eigenvalue weighted by molar-refractivity contribution is -0.161. The summed E-state index contributed by atoms with van der Waals surface area (Å²) < 4.78 is 28.9. The fourth-order valence-electron chi connectivity index (χ4n) is 14.0. The van der Waals surface area contributed by atoms with Crippen molar-refractivity contribution in [2.45, 2.75) is 57.6 Å². The van der Waals surface area contributed by atoms with Gasteiger partial charge in [-0.15, -0.1) is 0 Å². The third-order valence-corrected chi connectivity index (χ3v) is 19.9. The fraction of sp³-hybridized carbons (Fsp3) is 0.195. The highest BCUT2D eigenvalue weighted by Crippen LogP contribution is 2.39. The van der Waals surface area contributed by atoms with Crippen molar-refractivity contribution in [3.8, 4) is 51.0 Å². The third-order valence-electron chi connectivity index (χ3n) is 19.9. The average Bonchev–Trinajstić information content (AvgIpc) is 1.58. The topological polar surface area (TPSA) is 337 Å². The van der Waals surface area contributed by atoms with Crippen molar-refractivity contribution in [3.05, 3.63) is 288 Å². The maximum Gasteiger partial charge on any atom is 0.351 e. The summed E-state index contributed by atoms with van der Waals surface area (Å²) in [6, 6.07) is 79.7. The second-order valence-electron chi connectivity index (χ2n) is 26.9. The van der Waals surface area contributed by atoms with Gasteiger partial charge in [-0.2, -0.15) is 0 Å². The smallest absolute Gasteiger partial charge is 0.351 e. The number of carbonyl (C=O) groups excluding carboxylic acids is 7. The third kappa shape index (κ3) is 17.5. The summed E-state index contributed by atoms with van der Waals surface area (Å²) in [5.74, 6) is -3.38. The largest absolute Gasteiger partial charge is 0.489 e. The quantitative estimate of drug-likeness (QED) is 0.0117. The number of amides is 5. The molecule has 0 aliphatic carbocycles. The van der Waals surface area contributed by atoms with Crippen LogP contribution in [-0.2, 0) is 75.5 Å². The fourth-order valence-corrected chi connectivity index (χ4v) is 14.0. The van der Waals surface area contributed by atoms with Crippen molar-refractivity contribution in [2.24, 2.45) is 23.2 Å². The number of esters is 2. The molecule has 1 unspecified atom stereocenters. The normalized spacial score (nSPS) is 17.6. The summed E-state index contributed by atoms with van der Waals surface area (Å²) in [5, 5.41) is 37.9. The Morgan fingerprint density at radius 2 is 0.883 bits per heavy atom. The summed E-state index contributed by atoms with van der Waals surface area (Å²) in [5.41, 5.74) is 17.0. The number of ether oxygens (including phenoxy) is 5. The number of pyridine rings is 3. The Hall–Kier alpha value is -13.3. The Balaban J connectivity index is 0.000000146.